The standard InChI is InChI=1S/C12H11BrF3NO/c13-10-4-8(14)2-1-7(10)3-11(18)17-9-5-12(15,16)6-9/h1-2,4,9H,3,5-6H2,(H,17,18). The molecule has 1 aliphatic rings. The Labute approximate surface area is 111 Å². The molecule has 1 amide bonds. The number of carbonyl (C=O) groups is 1. The third kappa shape index (κ3) is 3.25. The quantitative estimate of drug-likeness (QED) is 0.911. The van der Waals surface area contributed by atoms with Gasteiger partial charge in [0.2, 0.25) is 5.91 Å². The van der Waals surface area contributed by atoms with Crippen LogP contribution in [0.15, 0.2) is 22.7 Å². The SMILES string of the molecule is O=C(Cc1ccc(F)cc1Br)NC1CC(F)(F)C1. The van der Waals surface area contributed by atoms with Gasteiger partial charge in [-0.1, -0.05) is 22.0 Å². The Morgan fingerprint density at radius 3 is 2.67 bits per heavy atom. The Kier molecular flexibility index (Phi) is 3.66. The van der Waals surface area contributed by atoms with Crippen LogP contribution in [0.4, 0.5) is 13.2 Å². The van der Waals surface area contributed by atoms with Crippen LogP contribution in [0.3, 0.4) is 0 Å². The van der Waals surface area contributed by atoms with Crippen LogP contribution in [-0.4, -0.2) is 17.9 Å². The molecule has 0 bridgehead atoms. The van der Waals surface area contributed by atoms with Crippen molar-refractivity contribution in [3.63, 3.8) is 0 Å². The molecule has 0 spiro atoms. The Hall–Kier alpha value is -1.04. The van der Waals surface area contributed by atoms with E-state index in [0.29, 0.717) is 10.0 Å². The van der Waals surface area contributed by atoms with E-state index in [-0.39, 0.29) is 25.2 Å². The van der Waals surface area contributed by atoms with Gasteiger partial charge >= 0.3 is 0 Å². The number of benzene rings is 1. The molecule has 1 aliphatic carbocycles. The number of hydrogen-bond acceptors (Lipinski definition) is 1. The van der Waals surface area contributed by atoms with E-state index < -0.39 is 17.8 Å². The number of halogens is 4. The highest BCUT2D eigenvalue weighted by molar-refractivity contribution is 9.10. The first-order valence-corrected chi connectivity index (χ1v) is 6.26. The number of carbonyl (C=O) groups excluding carboxylic acids is 1. The van der Waals surface area contributed by atoms with Gasteiger partial charge in [0.1, 0.15) is 5.82 Å². The lowest BCUT2D eigenvalue weighted by Gasteiger charge is -2.35. The molecule has 1 aromatic rings. The topological polar surface area (TPSA) is 29.1 Å². The van der Waals surface area contributed by atoms with Crippen LogP contribution >= 0.6 is 15.9 Å². The molecule has 98 valence electrons. The molecule has 0 radical (unpaired) electrons. The molecule has 1 N–H and O–H groups in total. The number of amides is 1. The van der Waals surface area contributed by atoms with Crippen molar-refractivity contribution in [2.24, 2.45) is 0 Å². The van der Waals surface area contributed by atoms with Crippen molar-refractivity contribution in [1.82, 2.24) is 5.32 Å². The monoisotopic (exact) mass is 321 g/mol. The third-order valence-electron chi connectivity index (χ3n) is 2.82. The summed E-state index contributed by atoms with van der Waals surface area (Å²) in [7, 11) is 0. The minimum atomic E-state index is -2.64. The normalized spacial score (nSPS) is 18.2. The zero-order valence-corrected chi connectivity index (χ0v) is 10.9. The maximum atomic E-state index is 12.8. The molecule has 1 fully saturated rings. The summed E-state index contributed by atoms with van der Waals surface area (Å²) in [5.74, 6) is -3.37. The predicted molar refractivity (Wildman–Crippen MR) is 63.9 cm³/mol. The van der Waals surface area contributed by atoms with Crippen LogP contribution in [0, 0.1) is 5.82 Å². The Balaban J connectivity index is 1.88. The summed E-state index contributed by atoms with van der Waals surface area (Å²) >= 11 is 3.15. The van der Waals surface area contributed by atoms with Crippen LogP contribution in [0.1, 0.15) is 18.4 Å². The molecule has 0 aromatic heterocycles. The lowest BCUT2D eigenvalue weighted by Crippen LogP contribution is -2.50. The van der Waals surface area contributed by atoms with E-state index in [1.807, 2.05) is 0 Å². The fraction of sp³-hybridized carbons (Fsp3) is 0.417. The van der Waals surface area contributed by atoms with Crippen molar-refractivity contribution in [2.45, 2.75) is 31.2 Å². The molecule has 2 rings (SSSR count). The van der Waals surface area contributed by atoms with Crippen molar-refractivity contribution in [2.75, 3.05) is 0 Å². The highest BCUT2D eigenvalue weighted by Crippen LogP contribution is 2.37. The molecule has 18 heavy (non-hydrogen) atoms. The summed E-state index contributed by atoms with van der Waals surface area (Å²) in [5.41, 5.74) is 0.625. The molecule has 0 aliphatic heterocycles. The van der Waals surface area contributed by atoms with Gasteiger partial charge in [-0.25, -0.2) is 13.2 Å². The fourth-order valence-electron chi connectivity index (χ4n) is 1.88. The molecular weight excluding hydrogens is 311 g/mol. The number of nitrogens with one attached hydrogen (secondary N) is 1. The van der Waals surface area contributed by atoms with Crippen molar-refractivity contribution in [3.8, 4) is 0 Å². The smallest absolute Gasteiger partial charge is 0.252 e. The molecule has 1 aromatic carbocycles. The first-order valence-electron chi connectivity index (χ1n) is 5.47. The van der Waals surface area contributed by atoms with Gasteiger partial charge in [-0.2, -0.15) is 0 Å². The zero-order valence-electron chi connectivity index (χ0n) is 9.35. The Morgan fingerprint density at radius 1 is 1.44 bits per heavy atom. The molecular formula is C12H11BrF3NO. The summed E-state index contributed by atoms with van der Waals surface area (Å²) in [4.78, 5) is 11.6. The fourth-order valence-corrected chi connectivity index (χ4v) is 2.37. The number of rotatable bonds is 3. The molecule has 0 heterocycles. The molecule has 2 nitrogen and oxygen atoms in total. The third-order valence-corrected chi connectivity index (χ3v) is 3.56. The summed E-state index contributed by atoms with van der Waals surface area (Å²) in [6.07, 6.45) is -0.560. The van der Waals surface area contributed by atoms with Crippen LogP contribution in [0.5, 0.6) is 0 Å². The van der Waals surface area contributed by atoms with Crippen LogP contribution < -0.4 is 5.32 Å². The second kappa shape index (κ2) is 4.91. The minimum absolute atomic E-state index is 0.0446. The van der Waals surface area contributed by atoms with Gasteiger partial charge in [0.25, 0.3) is 5.92 Å². The van der Waals surface area contributed by atoms with Gasteiger partial charge in [0.15, 0.2) is 0 Å². The van der Waals surface area contributed by atoms with E-state index in [4.69, 9.17) is 0 Å². The second-order valence-corrected chi connectivity index (χ2v) is 5.30. The summed E-state index contributed by atoms with van der Waals surface area (Å²) in [6.45, 7) is 0. The van der Waals surface area contributed by atoms with Gasteiger partial charge < -0.3 is 5.32 Å². The van der Waals surface area contributed by atoms with Crippen LogP contribution in [0.25, 0.3) is 0 Å². The highest BCUT2D eigenvalue weighted by atomic mass is 79.9. The van der Waals surface area contributed by atoms with E-state index in [1.165, 1.54) is 18.2 Å². The van der Waals surface area contributed by atoms with E-state index in [0.717, 1.165) is 0 Å². The summed E-state index contributed by atoms with van der Waals surface area (Å²) < 4.78 is 38.5. The van der Waals surface area contributed by atoms with E-state index in [2.05, 4.69) is 21.2 Å². The van der Waals surface area contributed by atoms with Crippen molar-refractivity contribution >= 4 is 21.8 Å². The number of hydrogen-bond donors (Lipinski definition) is 1. The van der Waals surface area contributed by atoms with E-state index >= 15 is 0 Å². The Morgan fingerprint density at radius 2 is 2.11 bits per heavy atom. The van der Waals surface area contributed by atoms with Crippen LogP contribution in [0.2, 0.25) is 0 Å². The van der Waals surface area contributed by atoms with Crippen molar-refractivity contribution in [1.29, 1.82) is 0 Å². The second-order valence-electron chi connectivity index (χ2n) is 4.44. The summed E-state index contributed by atoms with van der Waals surface area (Å²) in [5, 5.41) is 2.53. The maximum Gasteiger partial charge on any atom is 0.252 e. The lowest BCUT2D eigenvalue weighted by atomic mass is 9.88. The maximum absolute atomic E-state index is 12.8. The van der Waals surface area contributed by atoms with Gasteiger partial charge in [-0.05, 0) is 17.7 Å². The summed E-state index contributed by atoms with van der Waals surface area (Å²) in [6, 6.07) is 3.56. The minimum Gasteiger partial charge on any atom is -0.353 e. The number of alkyl halides is 2. The van der Waals surface area contributed by atoms with E-state index in [9.17, 15) is 18.0 Å². The average molecular weight is 322 g/mol. The zero-order chi connectivity index (χ0) is 13.3. The Bertz CT molecular complexity index is 470. The van der Waals surface area contributed by atoms with Gasteiger partial charge in [0, 0.05) is 23.4 Å². The average Bonchev–Trinajstić information content (AvgIpc) is 2.19. The molecule has 0 unspecified atom stereocenters. The molecule has 0 saturated heterocycles. The van der Waals surface area contributed by atoms with Crippen molar-refractivity contribution in [3.05, 3.63) is 34.1 Å². The van der Waals surface area contributed by atoms with Crippen molar-refractivity contribution < 1.29 is 18.0 Å². The predicted octanol–water partition coefficient (Wildman–Crippen LogP) is 3.04. The highest BCUT2D eigenvalue weighted by Gasteiger charge is 2.45. The molecule has 6 heteroatoms. The molecule has 1 saturated carbocycles. The lowest BCUT2D eigenvalue weighted by molar-refractivity contribution is -0.128. The largest absolute Gasteiger partial charge is 0.353 e. The van der Waals surface area contributed by atoms with Gasteiger partial charge in [-0.15, -0.1) is 0 Å². The van der Waals surface area contributed by atoms with Gasteiger partial charge in [0.05, 0.1) is 6.42 Å². The van der Waals surface area contributed by atoms with Gasteiger partial charge in [-0.3, -0.25) is 4.79 Å². The van der Waals surface area contributed by atoms with E-state index in [1.54, 1.807) is 0 Å². The first kappa shape index (κ1) is 13.4. The molecule has 0 atom stereocenters. The van der Waals surface area contributed by atoms with Crippen LogP contribution in [-0.2, 0) is 11.2 Å². The first-order chi connectivity index (χ1) is 8.35.